The Hall–Kier alpha value is -1.66. The Labute approximate surface area is 135 Å². The lowest BCUT2D eigenvalue weighted by Crippen LogP contribution is -2.34. The smallest absolute Gasteiger partial charge is 0.253 e. The fourth-order valence-corrected chi connectivity index (χ4v) is 2.49. The Balaban J connectivity index is 0.00000242. The zero-order chi connectivity index (χ0) is 15.6. The molecule has 1 aromatic rings. The van der Waals surface area contributed by atoms with Crippen molar-refractivity contribution in [1.29, 1.82) is 0 Å². The van der Waals surface area contributed by atoms with Gasteiger partial charge in [-0.3, -0.25) is 9.59 Å². The Kier molecular flexibility index (Phi) is 5.91. The van der Waals surface area contributed by atoms with Crippen LogP contribution < -0.4 is 11.1 Å². The van der Waals surface area contributed by atoms with Crippen molar-refractivity contribution in [3.63, 3.8) is 0 Å². The standard InChI is InChI=1S/C15H20FN3O2.ClH/c1-10(20)18-13-7-11(3-4-12(13)16)14(21)19-6-5-15(2,8-17)9-19;/h3-4,7H,5-6,8-9,17H2,1-2H3,(H,18,20);1H. The molecule has 1 aliphatic heterocycles. The number of halogens is 2. The highest BCUT2D eigenvalue weighted by molar-refractivity contribution is 5.97. The zero-order valence-electron chi connectivity index (χ0n) is 12.7. The summed E-state index contributed by atoms with van der Waals surface area (Å²) >= 11 is 0. The van der Waals surface area contributed by atoms with E-state index in [1.54, 1.807) is 4.90 Å². The lowest BCUT2D eigenvalue weighted by molar-refractivity contribution is -0.114. The molecule has 1 atom stereocenters. The van der Waals surface area contributed by atoms with Gasteiger partial charge in [-0.15, -0.1) is 12.4 Å². The van der Waals surface area contributed by atoms with Gasteiger partial charge in [0.15, 0.2) is 0 Å². The molecular weight excluding hydrogens is 309 g/mol. The molecule has 1 heterocycles. The fourth-order valence-electron chi connectivity index (χ4n) is 2.49. The third-order valence-electron chi connectivity index (χ3n) is 3.86. The number of rotatable bonds is 3. The second-order valence-corrected chi connectivity index (χ2v) is 5.87. The van der Waals surface area contributed by atoms with Crippen molar-refractivity contribution in [2.45, 2.75) is 20.3 Å². The molecule has 0 saturated carbocycles. The molecule has 1 fully saturated rings. The van der Waals surface area contributed by atoms with Gasteiger partial charge >= 0.3 is 0 Å². The third kappa shape index (κ3) is 3.96. The maximum atomic E-state index is 13.6. The number of hydrogen-bond donors (Lipinski definition) is 2. The van der Waals surface area contributed by atoms with E-state index in [9.17, 15) is 14.0 Å². The van der Waals surface area contributed by atoms with Crippen LogP contribution >= 0.6 is 12.4 Å². The molecule has 2 rings (SSSR count). The van der Waals surface area contributed by atoms with E-state index in [-0.39, 0.29) is 35.3 Å². The van der Waals surface area contributed by atoms with E-state index in [2.05, 4.69) is 5.32 Å². The van der Waals surface area contributed by atoms with Crippen LogP contribution in [-0.4, -0.2) is 36.3 Å². The molecule has 7 heteroatoms. The van der Waals surface area contributed by atoms with Crippen molar-refractivity contribution >= 4 is 29.9 Å². The van der Waals surface area contributed by atoms with Crippen LogP contribution in [0.5, 0.6) is 0 Å². The monoisotopic (exact) mass is 329 g/mol. The van der Waals surface area contributed by atoms with Crippen LogP contribution in [0.15, 0.2) is 18.2 Å². The highest BCUT2D eigenvalue weighted by atomic mass is 35.5. The van der Waals surface area contributed by atoms with E-state index < -0.39 is 5.82 Å². The molecule has 1 aromatic carbocycles. The molecule has 122 valence electrons. The van der Waals surface area contributed by atoms with E-state index in [0.29, 0.717) is 25.2 Å². The summed E-state index contributed by atoms with van der Waals surface area (Å²) in [5.74, 6) is -1.11. The molecule has 1 aliphatic rings. The highest BCUT2D eigenvalue weighted by Crippen LogP contribution is 2.30. The van der Waals surface area contributed by atoms with E-state index >= 15 is 0 Å². The quantitative estimate of drug-likeness (QED) is 0.890. The van der Waals surface area contributed by atoms with Crippen molar-refractivity contribution in [2.75, 3.05) is 25.0 Å². The Morgan fingerprint density at radius 2 is 2.14 bits per heavy atom. The second-order valence-electron chi connectivity index (χ2n) is 5.87. The van der Waals surface area contributed by atoms with Crippen LogP contribution in [-0.2, 0) is 4.79 Å². The number of hydrogen-bond acceptors (Lipinski definition) is 3. The van der Waals surface area contributed by atoms with Gasteiger partial charge in [-0.25, -0.2) is 4.39 Å². The zero-order valence-corrected chi connectivity index (χ0v) is 13.5. The minimum atomic E-state index is -0.560. The van der Waals surface area contributed by atoms with Crippen molar-refractivity contribution in [3.8, 4) is 0 Å². The first-order valence-electron chi connectivity index (χ1n) is 6.91. The number of nitrogens with one attached hydrogen (secondary N) is 1. The van der Waals surface area contributed by atoms with Crippen LogP contribution in [0.1, 0.15) is 30.6 Å². The van der Waals surface area contributed by atoms with Gasteiger partial charge in [-0.2, -0.15) is 0 Å². The number of nitrogens with zero attached hydrogens (tertiary/aromatic N) is 1. The SMILES string of the molecule is CC(=O)Nc1cc(C(=O)N2CCC(C)(CN)C2)ccc1F.Cl. The minimum Gasteiger partial charge on any atom is -0.338 e. The molecule has 0 aromatic heterocycles. The first kappa shape index (κ1) is 18.4. The summed E-state index contributed by atoms with van der Waals surface area (Å²) in [6.07, 6.45) is 0.856. The lowest BCUT2D eigenvalue weighted by Gasteiger charge is -2.22. The van der Waals surface area contributed by atoms with Crippen molar-refractivity contribution in [2.24, 2.45) is 11.1 Å². The van der Waals surface area contributed by atoms with Crippen LogP contribution in [0.2, 0.25) is 0 Å². The van der Waals surface area contributed by atoms with Crippen molar-refractivity contribution in [1.82, 2.24) is 4.90 Å². The normalized spacial score (nSPS) is 20.5. The lowest BCUT2D eigenvalue weighted by atomic mass is 9.90. The summed E-state index contributed by atoms with van der Waals surface area (Å²) in [5, 5.41) is 2.38. The molecular formula is C15H21ClFN3O2. The molecule has 0 radical (unpaired) electrons. The summed E-state index contributed by atoms with van der Waals surface area (Å²) in [4.78, 5) is 25.2. The van der Waals surface area contributed by atoms with Crippen LogP contribution in [0.4, 0.5) is 10.1 Å². The van der Waals surface area contributed by atoms with E-state index in [1.807, 2.05) is 6.92 Å². The van der Waals surface area contributed by atoms with E-state index in [1.165, 1.54) is 25.1 Å². The third-order valence-corrected chi connectivity index (χ3v) is 3.86. The van der Waals surface area contributed by atoms with Gasteiger partial charge in [0.2, 0.25) is 5.91 Å². The molecule has 2 amide bonds. The molecule has 0 spiro atoms. The number of amides is 2. The number of carbonyl (C=O) groups excluding carboxylic acids is 2. The average Bonchev–Trinajstić information content (AvgIpc) is 2.83. The van der Waals surface area contributed by atoms with Crippen molar-refractivity contribution < 1.29 is 14.0 Å². The fraction of sp³-hybridized carbons (Fsp3) is 0.467. The molecule has 5 nitrogen and oxygen atoms in total. The summed E-state index contributed by atoms with van der Waals surface area (Å²) < 4.78 is 13.6. The maximum absolute atomic E-state index is 13.6. The molecule has 0 aliphatic carbocycles. The largest absolute Gasteiger partial charge is 0.338 e. The van der Waals surface area contributed by atoms with Crippen LogP contribution in [0.3, 0.4) is 0 Å². The number of likely N-dealkylation sites (tertiary alicyclic amines) is 1. The van der Waals surface area contributed by atoms with E-state index in [4.69, 9.17) is 5.73 Å². The van der Waals surface area contributed by atoms with E-state index in [0.717, 1.165) is 6.42 Å². The topological polar surface area (TPSA) is 75.4 Å². The Bertz CT molecular complexity index is 582. The highest BCUT2D eigenvalue weighted by Gasteiger charge is 2.35. The van der Waals surface area contributed by atoms with Gasteiger partial charge in [0.1, 0.15) is 5.82 Å². The number of carbonyl (C=O) groups is 2. The summed E-state index contributed by atoms with van der Waals surface area (Å²) in [5.41, 5.74) is 6.06. The van der Waals surface area contributed by atoms with Gasteiger partial charge in [0.05, 0.1) is 5.69 Å². The van der Waals surface area contributed by atoms with Crippen LogP contribution in [0.25, 0.3) is 0 Å². The molecule has 0 bridgehead atoms. The second kappa shape index (κ2) is 7.07. The van der Waals surface area contributed by atoms with Gasteiger partial charge < -0.3 is 16.0 Å². The summed E-state index contributed by atoms with van der Waals surface area (Å²) in [7, 11) is 0. The molecule has 22 heavy (non-hydrogen) atoms. The first-order valence-corrected chi connectivity index (χ1v) is 6.91. The predicted molar refractivity (Wildman–Crippen MR) is 85.6 cm³/mol. The van der Waals surface area contributed by atoms with Crippen molar-refractivity contribution in [3.05, 3.63) is 29.6 Å². The number of benzene rings is 1. The van der Waals surface area contributed by atoms with Crippen LogP contribution in [0, 0.1) is 11.2 Å². The maximum Gasteiger partial charge on any atom is 0.253 e. The average molecular weight is 330 g/mol. The predicted octanol–water partition coefficient (Wildman–Crippen LogP) is 2.02. The van der Waals surface area contributed by atoms with Gasteiger partial charge in [-0.05, 0) is 36.6 Å². The minimum absolute atomic E-state index is 0. The summed E-state index contributed by atoms with van der Waals surface area (Å²) in [6.45, 7) is 5.10. The number of anilines is 1. The molecule has 1 unspecified atom stereocenters. The first-order chi connectivity index (χ1) is 9.84. The number of nitrogens with two attached hydrogens (primary N) is 1. The Morgan fingerprint density at radius 1 is 1.45 bits per heavy atom. The molecule has 3 N–H and O–H groups in total. The summed E-state index contributed by atoms with van der Waals surface area (Å²) in [6, 6.07) is 4.00. The Morgan fingerprint density at radius 3 is 2.68 bits per heavy atom. The van der Waals surface area contributed by atoms with Gasteiger partial charge in [0.25, 0.3) is 5.91 Å². The van der Waals surface area contributed by atoms with Gasteiger partial charge in [-0.1, -0.05) is 6.92 Å². The van der Waals surface area contributed by atoms with Gasteiger partial charge in [0, 0.05) is 25.6 Å². The molecule has 1 saturated heterocycles.